The number of benzene rings is 2. The highest BCUT2D eigenvalue weighted by molar-refractivity contribution is 5.92. The van der Waals surface area contributed by atoms with Crippen LogP contribution in [-0.4, -0.2) is 56.7 Å². The van der Waals surface area contributed by atoms with E-state index in [1.807, 2.05) is 27.7 Å². The number of phenols is 2. The predicted octanol–water partition coefficient (Wildman–Crippen LogP) is 5.21. The van der Waals surface area contributed by atoms with Crippen LogP contribution in [0.1, 0.15) is 84.9 Å². The molecule has 0 aliphatic rings. The number of carbonyl (C=O) groups excluding carboxylic acids is 3. The molecule has 0 spiro atoms. The van der Waals surface area contributed by atoms with E-state index >= 15 is 0 Å². The Balaban J connectivity index is 2.57. The lowest BCUT2D eigenvalue weighted by Crippen LogP contribution is -2.55. The summed E-state index contributed by atoms with van der Waals surface area (Å²) in [5.41, 5.74) is -0.103. The van der Waals surface area contributed by atoms with Gasteiger partial charge in [-0.05, 0) is 83.4 Å². The minimum absolute atomic E-state index is 0.0411. The number of carbonyl (C=O) groups is 3. The Morgan fingerprint density at radius 2 is 1.43 bits per heavy atom. The lowest BCUT2D eigenvalue weighted by Gasteiger charge is -2.36. The third-order valence-electron chi connectivity index (χ3n) is 5.92. The fourth-order valence-electron chi connectivity index (χ4n) is 4.18. The van der Waals surface area contributed by atoms with Gasteiger partial charge in [-0.1, -0.05) is 44.0 Å². The zero-order valence-electron chi connectivity index (χ0n) is 24.8. The van der Waals surface area contributed by atoms with Crippen molar-refractivity contribution in [2.45, 2.75) is 97.4 Å². The van der Waals surface area contributed by atoms with Gasteiger partial charge in [-0.3, -0.25) is 9.59 Å². The molecule has 2 rings (SSSR count). The van der Waals surface area contributed by atoms with Crippen LogP contribution in [0.5, 0.6) is 11.5 Å². The normalized spacial score (nSPS) is 13.2. The first-order valence-corrected chi connectivity index (χ1v) is 13.8. The summed E-state index contributed by atoms with van der Waals surface area (Å²) in [5, 5.41) is 25.3. The summed E-state index contributed by atoms with van der Waals surface area (Å²) in [4.78, 5) is 42.4. The molecule has 220 valence electrons. The monoisotopic (exact) mass is 555 g/mol. The van der Waals surface area contributed by atoms with E-state index in [2.05, 4.69) is 10.6 Å². The molecule has 0 saturated carbocycles. The van der Waals surface area contributed by atoms with Crippen molar-refractivity contribution in [3.05, 3.63) is 59.7 Å². The van der Waals surface area contributed by atoms with Gasteiger partial charge >= 0.3 is 6.09 Å². The molecule has 0 radical (unpaired) electrons. The average Bonchev–Trinajstić information content (AvgIpc) is 2.83. The molecule has 0 fully saturated rings. The van der Waals surface area contributed by atoms with Crippen molar-refractivity contribution >= 4 is 17.9 Å². The molecule has 9 heteroatoms. The van der Waals surface area contributed by atoms with E-state index in [0.29, 0.717) is 17.5 Å². The van der Waals surface area contributed by atoms with Crippen LogP contribution >= 0.6 is 0 Å². The van der Waals surface area contributed by atoms with Crippen molar-refractivity contribution in [3.8, 4) is 11.5 Å². The fraction of sp³-hybridized carbons (Fsp3) is 0.516. The van der Waals surface area contributed by atoms with Crippen LogP contribution in [0.15, 0.2) is 48.5 Å². The molecular formula is C31H45N3O6. The SMILES string of the molecule is CCCCCN(C(=O)C(Cc1ccc(O)cc1)NC(=O)OC(C)(C)C)C(C(=O)NC(C)(C)C)c1ccc(O)cc1. The number of amides is 3. The number of hydrogen-bond donors (Lipinski definition) is 4. The van der Waals surface area contributed by atoms with Gasteiger partial charge in [0.25, 0.3) is 0 Å². The quantitative estimate of drug-likeness (QED) is 0.282. The topological polar surface area (TPSA) is 128 Å². The number of rotatable bonds is 11. The van der Waals surface area contributed by atoms with Crippen LogP contribution in [0.3, 0.4) is 0 Å². The molecule has 3 amide bonds. The Bertz CT molecular complexity index is 1120. The van der Waals surface area contributed by atoms with Gasteiger partial charge in [0.1, 0.15) is 29.2 Å². The van der Waals surface area contributed by atoms with Crippen molar-refractivity contribution in [3.63, 3.8) is 0 Å². The molecule has 0 heterocycles. The minimum atomic E-state index is -1.05. The number of unbranched alkanes of at least 4 members (excludes halogenated alkanes) is 2. The molecule has 40 heavy (non-hydrogen) atoms. The van der Waals surface area contributed by atoms with Crippen LogP contribution in [0.4, 0.5) is 4.79 Å². The van der Waals surface area contributed by atoms with Gasteiger partial charge in [-0.25, -0.2) is 4.79 Å². The van der Waals surface area contributed by atoms with E-state index in [4.69, 9.17) is 4.74 Å². The van der Waals surface area contributed by atoms with E-state index in [1.54, 1.807) is 45.0 Å². The smallest absolute Gasteiger partial charge is 0.408 e. The molecular weight excluding hydrogens is 510 g/mol. The summed E-state index contributed by atoms with van der Waals surface area (Å²) in [6.45, 7) is 13.1. The molecule has 0 saturated heterocycles. The molecule has 0 aromatic heterocycles. The second kappa shape index (κ2) is 14.1. The highest BCUT2D eigenvalue weighted by atomic mass is 16.6. The third-order valence-corrected chi connectivity index (χ3v) is 5.92. The second-order valence-corrected chi connectivity index (χ2v) is 12.0. The van der Waals surface area contributed by atoms with Crippen molar-refractivity contribution in [1.29, 1.82) is 0 Å². The molecule has 2 unspecified atom stereocenters. The molecule has 0 aliphatic carbocycles. The molecule has 9 nitrogen and oxygen atoms in total. The molecule has 4 N–H and O–H groups in total. The maximum absolute atomic E-state index is 14.3. The number of phenolic OH excluding ortho intramolecular Hbond substituents is 2. The Morgan fingerprint density at radius 3 is 1.93 bits per heavy atom. The summed E-state index contributed by atoms with van der Waals surface area (Å²) < 4.78 is 5.46. The summed E-state index contributed by atoms with van der Waals surface area (Å²) >= 11 is 0. The largest absolute Gasteiger partial charge is 0.508 e. The summed E-state index contributed by atoms with van der Waals surface area (Å²) in [5.74, 6) is -0.695. The van der Waals surface area contributed by atoms with Crippen LogP contribution in [0, 0.1) is 0 Å². The van der Waals surface area contributed by atoms with Gasteiger partial charge < -0.3 is 30.5 Å². The van der Waals surface area contributed by atoms with Crippen LogP contribution in [0.25, 0.3) is 0 Å². The minimum Gasteiger partial charge on any atom is -0.508 e. The van der Waals surface area contributed by atoms with Crippen LogP contribution in [0.2, 0.25) is 0 Å². The van der Waals surface area contributed by atoms with Gasteiger partial charge in [0.05, 0.1) is 0 Å². The van der Waals surface area contributed by atoms with E-state index in [0.717, 1.165) is 12.8 Å². The van der Waals surface area contributed by atoms with Gasteiger partial charge in [0, 0.05) is 18.5 Å². The number of aromatic hydroxyl groups is 2. The Morgan fingerprint density at radius 1 is 0.875 bits per heavy atom. The summed E-state index contributed by atoms with van der Waals surface area (Å²) in [6.07, 6.45) is 1.77. The van der Waals surface area contributed by atoms with E-state index in [1.165, 1.54) is 29.2 Å². The molecule has 0 bridgehead atoms. The Kier molecular flexibility index (Phi) is 11.4. The number of ether oxygens (including phenoxy) is 1. The Labute approximate surface area is 237 Å². The molecule has 0 aliphatic heterocycles. The number of alkyl carbamates (subject to hydrolysis) is 1. The van der Waals surface area contributed by atoms with E-state index in [9.17, 15) is 24.6 Å². The molecule has 2 aromatic carbocycles. The molecule has 2 atom stereocenters. The maximum Gasteiger partial charge on any atom is 0.408 e. The van der Waals surface area contributed by atoms with Crippen molar-refractivity contribution < 1.29 is 29.3 Å². The second-order valence-electron chi connectivity index (χ2n) is 12.0. The highest BCUT2D eigenvalue weighted by Crippen LogP contribution is 2.27. The molecule has 2 aromatic rings. The Hall–Kier alpha value is -3.75. The first-order chi connectivity index (χ1) is 18.6. The number of hydrogen-bond acceptors (Lipinski definition) is 6. The standard InChI is InChI=1S/C31H45N3O6/c1-8-9-10-19-34(26(27(37)33-30(2,3)4)22-13-17-24(36)18-14-22)28(38)25(32-29(39)40-31(5,6)7)20-21-11-15-23(35)16-12-21/h11-18,25-26,35-36H,8-10,19-20H2,1-7H3,(H,32,39)(H,33,37). The lowest BCUT2D eigenvalue weighted by atomic mass is 9.98. The van der Waals surface area contributed by atoms with E-state index in [-0.39, 0.29) is 30.4 Å². The van der Waals surface area contributed by atoms with E-state index < -0.39 is 35.2 Å². The van der Waals surface area contributed by atoms with Gasteiger partial charge in [0.2, 0.25) is 11.8 Å². The van der Waals surface area contributed by atoms with Gasteiger partial charge in [0.15, 0.2) is 0 Å². The van der Waals surface area contributed by atoms with Crippen LogP contribution < -0.4 is 10.6 Å². The lowest BCUT2D eigenvalue weighted by molar-refractivity contribution is -0.143. The van der Waals surface area contributed by atoms with Crippen LogP contribution in [-0.2, 0) is 20.7 Å². The van der Waals surface area contributed by atoms with Gasteiger partial charge in [-0.2, -0.15) is 0 Å². The first kappa shape index (κ1) is 32.5. The van der Waals surface area contributed by atoms with Gasteiger partial charge in [-0.15, -0.1) is 0 Å². The summed E-state index contributed by atoms with van der Waals surface area (Å²) in [6, 6.07) is 10.5. The van der Waals surface area contributed by atoms with Crippen molar-refractivity contribution in [1.82, 2.24) is 15.5 Å². The fourth-order valence-corrected chi connectivity index (χ4v) is 4.18. The maximum atomic E-state index is 14.3. The zero-order chi connectivity index (χ0) is 30.1. The third kappa shape index (κ3) is 10.8. The number of nitrogens with zero attached hydrogens (tertiary/aromatic N) is 1. The van der Waals surface area contributed by atoms with Crippen molar-refractivity contribution in [2.24, 2.45) is 0 Å². The predicted molar refractivity (Wildman–Crippen MR) is 155 cm³/mol. The highest BCUT2D eigenvalue weighted by Gasteiger charge is 2.37. The summed E-state index contributed by atoms with van der Waals surface area (Å²) in [7, 11) is 0. The number of nitrogens with one attached hydrogen (secondary N) is 2. The average molecular weight is 556 g/mol. The zero-order valence-corrected chi connectivity index (χ0v) is 24.8. The first-order valence-electron chi connectivity index (χ1n) is 13.8. The van der Waals surface area contributed by atoms with Crippen molar-refractivity contribution in [2.75, 3.05) is 6.54 Å².